The molecule has 1 atom stereocenters. The lowest BCUT2D eigenvalue weighted by molar-refractivity contribution is -0.123. The number of nitrogens with one attached hydrogen (secondary N) is 3. The zero-order chi connectivity index (χ0) is 15.4. The van der Waals surface area contributed by atoms with Crippen molar-refractivity contribution in [3.8, 4) is 0 Å². The lowest BCUT2D eigenvalue weighted by Crippen LogP contribution is -2.41. The van der Waals surface area contributed by atoms with Crippen LogP contribution in [-0.2, 0) is 16.1 Å². The summed E-state index contributed by atoms with van der Waals surface area (Å²) in [7, 11) is 0. The van der Waals surface area contributed by atoms with Crippen molar-refractivity contribution >= 4 is 41.7 Å². The Labute approximate surface area is 146 Å². The van der Waals surface area contributed by atoms with Gasteiger partial charge in [-0.25, -0.2) is 0 Å². The summed E-state index contributed by atoms with van der Waals surface area (Å²) in [6.45, 7) is 0.481. The van der Waals surface area contributed by atoms with Crippen LogP contribution in [0.1, 0.15) is 24.8 Å². The third kappa shape index (κ3) is 4.86. The van der Waals surface area contributed by atoms with Crippen molar-refractivity contribution in [1.82, 2.24) is 10.6 Å². The number of carbonyl (C=O) groups is 2. The molecule has 0 bridgehead atoms. The van der Waals surface area contributed by atoms with E-state index in [4.69, 9.17) is 0 Å². The smallest absolute Gasteiger partial charge is 0.238 e. The molecule has 1 unspecified atom stereocenters. The minimum atomic E-state index is -0.0912. The maximum Gasteiger partial charge on any atom is 0.238 e. The number of amides is 2. The van der Waals surface area contributed by atoms with Crippen molar-refractivity contribution < 1.29 is 9.59 Å². The molecule has 7 heteroatoms. The fraction of sp³-hybridized carbons (Fsp3) is 0.500. The molecule has 3 rings (SSSR count). The van der Waals surface area contributed by atoms with Crippen molar-refractivity contribution in [2.75, 3.05) is 16.9 Å². The molecule has 0 spiro atoms. The number of rotatable bonds is 5. The van der Waals surface area contributed by atoms with Crippen molar-refractivity contribution in [3.05, 3.63) is 29.8 Å². The molecule has 1 aromatic rings. The second-order valence-electron chi connectivity index (χ2n) is 5.81. The van der Waals surface area contributed by atoms with Crippen LogP contribution in [0.3, 0.4) is 0 Å². The molecule has 2 amide bonds. The molecule has 2 fully saturated rings. The molecule has 1 heterocycles. The highest BCUT2D eigenvalue weighted by molar-refractivity contribution is 7.99. The number of thioether (sulfide) groups is 1. The number of carbonyl (C=O) groups excluding carboxylic acids is 2. The minimum absolute atomic E-state index is 0. The minimum Gasteiger partial charge on any atom is -0.351 e. The van der Waals surface area contributed by atoms with Crippen LogP contribution < -0.4 is 16.0 Å². The maximum absolute atomic E-state index is 12.0. The molecule has 126 valence electrons. The summed E-state index contributed by atoms with van der Waals surface area (Å²) in [5, 5.41) is 9.05. The van der Waals surface area contributed by atoms with Gasteiger partial charge in [0.15, 0.2) is 0 Å². The largest absolute Gasteiger partial charge is 0.351 e. The lowest BCUT2D eigenvalue weighted by atomic mass is 9.85. The SMILES string of the molecule is Cl.O=C(Nc1cccc(CNC(=O)C2CSCN2)c1)C1CCC1. The first kappa shape index (κ1) is 18.1. The van der Waals surface area contributed by atoms with Gasteiger partial charge in [-0.05, 0) is 30.5 Å². The molecular weight excluding hydrogens is 334 g/mol. The molecule has 2 aliphatic rings. The Morgan fingerprint density at radius 2 is 2.09 bits per heavy atom. The topological polar surface area (TPSA) is 70.2 Å². The zero-order valence-corrected chi connectivity index (χ0v) is 14.5. The Morgan fingerprint density at radius 3 is 2.74 bits per heavy atom. The average Bonchev–Trinajstić information content (AvgIpc) is 2.97. The summed E-state index contributed by atoms with van der Waals surface area (Å²) >= 11 is 1.73. The predicted molar refractivity (Wildman–Crippen MR) is 95.8 cm³/mol. The number of halogens is 1. The van der Waals surface area contributed by atoms with Gasteiger partial charge in [-0.3, -0.25) is 14.9 Å². The number of hydrogen-bond acceptors (Lipinski definition) is 4. The third-order valence-corrected chi connectivity index (χ3v) is 5.11. The highest BCUT2D eigenvalue weighted by atomic mass is 35.5. The lowest BCUT2D eigenvalue weighted by Gasteiger charge is -2.24. The van der Waals surface area contributed by atoms with Gasteiger partial charge in [0.2, 0.25) is 11.8 Å². The molecule has 0 aromatic heterocycles. The molecule has 1 aliphatic heterocycles. The van der Waals surface area contributed by atoms with Crippen LogP contribution in [0.5, 0.6) is 0 Å². The van der Waals surface area contributed by atoms with Gasteiger partial charge >= 0.3 is 0 Å². The monoisotopic (exact) mass is 355 g/mol. The Morgan fingerprint density at radius 1 is 1.26 bits per heavy atom. The van der Waals surface area contributed by atoms with Crippen molar-refractivity contribution in [1.29, 1.82) is 0 Å². The number of benzene rings is 1. The van der Waals surface area contributed by atoms with Crippen molar-refractivity contribution in [2.24, 2.45) is 5.92 Å². The first-order chi connectivity index (χ1) is 10.7. The quantitative estimate of drug-likeness (QED) is 0.756. The molecule has 1 aliphatic carbocycles. The van der Waals surface area contributed by atoms with E-state index in [0.29, 0.717) is 6.54 Å². The molecule has 0 radical (unpaired) electrons. The normalized spacial score (nSPS) is 20.3. The van der Waals surface area contributed by atoms with E-state index >= 15 is 0 Å². The zero-order valence-electron chi connectivity index (χ0n) is 12.8. The molecule has 23 heavy (non-hydrogen) atoms. The Kier molecular flexibility index (Phi) is 6.74. The van der Waals surface area contributed by atoms with E-state index in [0.717, 1.165) is 42.1 Å². The average molecular weight is 356 g/mol. The molecule has 1 saturated heterocycles. The van der Waals surface area contributed by atoms with Crippen molar-refractivity contribution in [3.63, 3.8) is 0 Å². The number of anilines is 1. The van der Waals surface area contributed by atoms with E-state index in [2.05, 4.69) is 16.0 Å². The summed E-state index contributed by atoms with van der Waals surface area (Å²) in [6.07, 6.45) is 3.14. The summed E-state index contributed by atoms with van der Waals surface area (Å²) < 4.78 is 0. The van der Waals surface area contributed by atoms with E-state index < -0.39 is 0 Å². The Bertz CT molecular complexity index is 560. The van der Waals surface area contributed by atoms with E-state index in [1.165, 1.54) is 0 Å². The van der Waals surface area contributed by atoms with Gasteiger partial charge in [0.05, 0.1) is 6.04 Å². The van der Waals surface area contributed by atoms with Crippen LogP contribution in [0.4, 0.5) is 5.69 Å². The summed E-state index contributed by atoms with van der Waals surface area (Å²) in [6, 6.07) is 7.58. The first-order valence-electron chi connectivity index (χ1n) is 7.71. The van der Waals surface area contributed by atoms with Gasteiger partial charge in [-0.2, -0.15) is 0 Å². The second kappa shape index (κ2) is 8.57. The fourth-order valence-corrected chi connectivity index (χ4v) is 3.49. The highest BCUT2D eigenvalue weighted by Crippen LogP contribution is 2.27. The van der Waals surface area contributed by atoms with E-state index in [9.17, 15) is 9.59 Å². The third-order valence-electron chi connectivity index (χ3n) is 4.17. The maximum atomic E-state index is 12.0. The number of hydrogen-bond donors (Lipinski definition) is 3. The second-order valence-corrected chi connectivity index (χ2v) is 6.84. The highest BCUT2D eigenvalue weighted by Gasteiger charge is 2.25. The molecule has 1 saturated carbocycles. The predicted octanol–water partition coefficient (Wildman–Crippen LogP) is 2.13. The van der Waals surface area contributed by atoms with Gasteiger partial charge in [-0.15, -0.1) is 24.2 Å². The molecule has 3 N–H and O–H groups in total. The van der Waals surface area contributed by atoms with Gasteiger partial charge in [0.1, 0.15) is 0 Å². The van der Waals surface area contributed by atoms with Crippen LogP contribution >= 0.6 is 24.2 Å². The summed E-state index contributed by atoms with van der Waals surface area (Å²) in [5.74, 6) is 1.98. The van der Waals surface area contributed by atoms with Crippen LogP contribution in [0, 0.1) is 5.92 Å². The first-order valence-corrected chi connectivity index (χ1v) is 8.86. The molecule has 1 aromatic carbocycles. The van der Waals surface area contributed by atoms with Gasteiger partial charge < -0.3 is 10.6 Å². The van der Waals surface area contributed by atoms with E-state index in [1.54, 1.807) is 11.8 Å². The Balaban J connectivity index is 0.00000192. The van der Waals surface area contributed by atoms with Crippen LogP contribution in [-0.4, -0.2) is 29.5 Å². The standard InChI is InChI=1S/C16H21N3O2S.ClH/c20-15(12-4-2-5-12)19-13-6-1-3-11(7-13)8-17-16(21)14-9-22-10-18-14;/h1,3,6-7,12,14,18H,2,4-5,8-10H2,(H,17,21)(H,19,20);1H. The molecule has 5 nitrogen and oxygen atoms in total. The Hall–Kier alpha value is -1.24. The fourth-order valence-electron chi connectivity index (χ4n) is 2.55. The van der Waals surface area contributed by atoms with Crippen LogP contribution in [0.15, 0.2) is 24.3 Å². The summed E-state index contributed by atoms with van der Waals surface area (Å²) in [5.41, 5.74) is 1.80. The molecular formula is C16H22ClN3O2S. The van der Waals surface area contributed by atoms with Gasteiger partial charge in [0, 0.05) is 29.8 Å². The van der Waals surface area contributed by atoms with Gasteiger partial charge in [0.25, 0.3) is 0 Å². The van der Waals surface area contributed by atoms with Gasteiger partial charge in [-0.1, -0.05) is 18.6 Å². The van der Waals surface area contributed by atoms with Crippen LogP contribution in [0.2, 0.25) is 0 Å². The van der Waals surface area contributed by atoms with E-state index in [1.807, 2.05) is 24.3 Å². The van der Waals surface area contributed by atoms with Crippen LogP contribution in [0.25, 0.3) is 0 Å². The van der Waals surface area contributed by atoms with Crippen molar-refractivity contribution in [2.45, 2.75) is 31.8 Å². The van der Waals surface area contributed by atoms with E-state index in [-0.39, 0.29) is 36.2 Å². The summed E-state index contributed by atoms with van der Waals surface area (Å²) in [4.78, 5) is 23.9.